The number of benzene rings is 1. The predicted molar refractivity (Wildman–Crippen MR) is 62.8 cm³/mol. The van der Waals surface area contributed by atoms with Crippen LogP contribution in [0.5, 0.6) is 5.75 Å². The van der Waals surface area contributed by atoms with Crippen LogP contribution in [0.25, 0.3) is 0 Å². The van der Waals surface area contributed by atoms with E-state index in [4.69, 9.17) is 10.5 Å². The van der Waals surface area contributed by atoms with Crippen LogP contribution in [-0.4, -0.2) is 13.7 Å². The van der Waals surface area contributed by atoms with Gasteiger partial charge in [-0.3, -0.25) is 0 Å². The zero-order valence-electron chi connectivity index (χ0n) is 8.64. The summed E-state index contributed by atoms with van der Waals surface area (Å²) in [5.74, 6) is 0.987. The van der Waals surface area contributed by atoms with E-state index < -0.39 is 0 Å². The Bertz CT molecular complexity index is 312. The number of halogens is 1. The Kier molecular flexibility index (Phi) is 4.42. The Morgan fingerprint density at radius 3 is 2.50 bits per heavy atom. The first-order valence-corrected chi connectivity index (χ1v) is 5.57. The molecule has 0 aliphatic carbocycles. The summed E-state index contributed by atoms with van der Waals surface area (Å²) in [5, 5.41) is 0. The molecule has 0 atom stereocenters. The lowest BCUT2D eigenvalue weighted by molar-refractivity contribution is 0.405. The number of ether oxygens (including phenoxy) is 1. The second kappa shape index (κ2) is 5.37. The van der Waals surface area contributed by atoms with Crippen molar-refractivity contribution in [3.63, 3.8) is 0 Å². The molecule has 2 N–H and O–H groups in total. The second-order valence-electron chi connectivity index (χ2n) is 3.15. The van der Waals surface area contributed by atoms with Crippen molar-refractivity contribution in [1.29, 1.82) is 0 Å². The van der Waals surface area contributed by atoms with Gasteiger partial charge in [-0.15, -0.1) is 0 Å². The van der Waals surface area contributed by atoms with Crippen LogP contribution < -0.4 is 10.5 Å². The maximum atomic E-state index is 5.55. The van der Waals surface area contributed by atoms with Crippen molar-refractivity contribution in [3.05, 3.63) is 27.7 Å². The molecular weight excluding hydrogens is 242 g/mol. The van der Waals surface area contributed by atoms with Crippen LogP contribution in [0.4, 0.5) is 0 Å². The molecule has 0 radical (unpaired) electrons. The van der Waals surface area contributed by atoms with Crippen molar-refractivity contribution in [2.24, 2.45) is 5.73 Å². The van der Waals surface area contributed by atoms with Crippen molar-refractivity contribution in [3.8, 4) is 5.75 Å². The first kappa shape index (κ1) is 11.5. The third-order valence-corrected chi connectivity index (χ3v) is 2.66. The monoisotopic (exact) mass is 257 g/mol. The summed E-state index contributed by atoms with van der Waals surface area (Å²) in [6, 6.07) is 4.17. The fraction of sp³-hybridized carbons (Fsp3) is 0.455. The summed E-state index contributed by atoms with van der Waals surface area (Å²) in [4.78, 5) is 0. The van der Waals surface area contributed by atoms with Crippen molar-refractivity contribution in [2.75, 3.05) is 13.7 Å². The maximum absolute atomic E-state index is 5.55. The van der Waals surface area contributed by atoms with Crippen LogP contribution >= 0.6 is 15.9 Å². The zero-order chi connectivity index (χ0) is 10.6. The molecule has 3 heteroatoms. The smallest absolute Gasteiger partial charge is 0.125 e. The maximum Gasteiger partial charge on any atom is 0.125 e. The predicted octanol–water partition coefficient (Wildman–Crippen LogP) is 2.52. The highest BCUT2D eigenvalue weighted by atomic mass is 79.9. The lowest BCUT2D eigenvalue weighted by Gasteiger charge is -2.12. The average Bonchev–Trinajstić information content (AvgIpc) is 2.17. The van der Waals surface area contributed by atoms with E-state index in [1.807, 2.05) is 0 Å². The number of nitrogens with two attached hydrogens (primary N) is 1. The van der Waals surface area contributed by atoms with Crippen molar-refractivity contribution in [1.82, 2.24) is 0 Å². The Morgan fingerprint density at radius 1 is 1.36 bits per heavy atom. The highest BCUT2D eigenvalue weighted by Crippen LogP contribution is 2.28. The van der Waals surface area contributed by atoms with E-state index >= 15 is 0 Å². The van der Waals surface area contributed by atoms with E-state index in [0.29, 0.717) is 6.54 Å². The molecule has 0 saturated carbocycles. The van der Waals surface area contributed by atoms with Gasteiger partial charge < -0.3 is 10.5 Å². The fourth-order valence-corrected chi connectivity index (χ4v) is 2.13. The van der Waals surface area contributed by atoms with Gasteiger partial charge in [-0.25, -0.2) is 0 Å². The van der Waals surface area contributed by atoms with Crippen molar-refractivity contribution >= 4 is 15.9 Å². The molecule has 2 nitrogen and oxygen atoms in total. The molecule has 0 fully saturated rings. The lowest BCUT2D eigenvalue weighted by atomic mass is 10.0. The molecule has 0 heterocycles. The molecule has 14 heavy (non-hydrogen) atoms. The Morgan fingerprint density at radius 2 is 2.00 bits per heavy atom. The van der Waals surface area contributed by atoms with E-state index in [1.165, 1.54) is 11.1 Å². The van der Waals surface area contributed by atoms with E-state index in [-0.39, 0.29) is 0 Å². The molecule has 78 valence electrons. The first-order valence-electron chi connectivity index (χ1n) is 4.78. The van der Waals surface area contributed by atoms with Gasteiger partial charge in [-0.05, 0) is 42.6 Å². The second-order valence-corrected chi connectivity index (χ2v) is 4.07. The van der Waals surface area contributed by atoms with Crippen LogP contribution in [0.1, 0.15) is 18.1 Å². The molecule has 0 unspecified atom stereocenters. The quantitative estimate of drug-likeness (QED) is 0.900. The average molecular weight is 258 g/mol. The highest BCUT2D eigenvalue weighted by molar-refractivity contribution is 9.10. The van der Waals surface area contributed by atoms with Crippen molar-refractivity contribution in [2.45, 2.75) is 19.8 Å². The summed E-state index contributed by atoms with van der Waals surface area (Å²) in [6.45, 7) is 2.77. The molecule has 0 spiro atoms. The summed E-state index contributed by atoms with van der Waals surface area (Å²) in [6.07, 6.45) is 1.83. The minimum atomic E-state index is 0.649. The standard InChI is InChI=1S/C11H16BrNO/c1-3-8-6-10(12)7-9(4-5-13)11(8)14-2/h6-7H,3-5,13H2,1-2H3. The van der Waals surface area contributed by atoms with Gasteiger partial charge in [-0.2, -0.15) is 0 Å². The van der Waals surface area contributed by atoms with Gasteiger partial charge in [0.05, 0.1) is 7.11 Å². The number of methoxy groups -OCH3 is 1. The first-order chi connectivity index (χ1) is 6.72. The highest BCUT2D eigenvalue weighted by Gasteiger charge is 2.08. The molecule has 1 rings (SSSR count). The van der Waals surface area contributed by atoms with Crippen LogP contribution in [0.15, 0.2) is 16.6 Å². The molecule has 0 aromatic heterocycles. The van der Waals surface area contributed by atoms with Gasteiger partial charge in [0.15, 0.2) is 0 Å². The lowest BCUT2D eigenvalue weighted by Crippen LogP contribution is -2.05. The fourth-order valence-electron chi connectivity index (χ4n) is 1.58. The van der Waals surface area contributed by atoms with Crippen molar-refractivity contribution < 1.29 is 4.74 Å². The SMILES string of the molecule is CCc1cc(Br)cc(CCN)c1OC. The largest absolute Gasteiger partial charge is 0.496 e. The third kappa shape index (κ3) is 2.49. The molecule has 0 bridgehead atoms. The normalized spacial score (nSPS) is 10.3. The molecule has 0 aliphatic heterocycles. The van der Waals surface area contributed by atoms with Gasteiger partial charge in [0, 0.05) is 4.47 Å². The van der Waals surface area contributed by atoms with Crippen LogP contribution in [-0.2, 0) is 12.8 Å². The molecule has 0 aliphatic rings. The third-order valence-electron chi connectivity index (χ3n) is 2.21. The molecule has 1 aromatic rings. The van der Waals surface area contributed by atoms with Gasteiger partial charge in [0.2, 0.25) is 0 Å². The number of hydrogen-bond acceptors (Lipinski definition) is 2. The van der Waals surface area contributed by atoms with Gasteiger partial charge in [0.1, 0.15) is 5.75 Å². The Hall–Kier alpha value is -0.540. The van der Waals surface area contributed by atoms with Gasteiger partial charge in [-0.1, -0.05) is 22.9 Å². The van der Waals surface area contributed by atoms with E-state index in [1.54, 1.807) is 7.11 Å². The zero-order valence-corrected chi connectivity index (χ0v) is 10.2. The molecular formula is C11H16BrNO. The summed E-state index contributed by atoms with van der Waals surface area (Å²) >= 11 is 3.49. The topological polar surface area (TPSA) is 35.2 Å². The molecule has 0 amide bonds. The molecule has 1 aromatic carbocycles. The van der Waals surface area contributed by atoms with E-state index in [0.717, 1.165) is 23.1 Å². The Labute approximate surface area is 93.6 Å². The van der Waals surface area contributed by atoms with Crippen LogP contribution in [0.2, 0.25) is 0 Å². The number of hydrogen-bond donors (Lipinski definition) is 1. The summed E-state index contributed by atoms with van der Waals surface area (Å²) in [5.41, 5.74) is 7.96. The van der Waals surface area contributed by atoms with Gasteiger partial charge >= 0.3 is 0 Å². The molecule has 0 saturated heterocycles. The van der Waals surface area contributed by atoms with E-state index in [2.05, 4.69) is 35.0 Å². The summed E-state index contributed by atoms with van der Waals surface area (Å²) in [7, 11) is 1.71. The van der Waals surface area contributed by atoms with Crippen LogP contribution in [0, 0.1) is 0 Å². The van der Waals surface area contributed by atoms with Gasteiger partial charge in [0.25, 0.3) is 0 Å². The number of aryl methyl sites for hydroxylation is 1. The summed E-state index contributed by atoms with van der Waals surface area (Å²) < 4.78 is 6.49. The van der Waals surface area contributed by atoms with E-state index in [9.17, 15) is 0 Å². The van der Waals surface area contributed by atoms with Crippen LogP contribution in [0.3, 0.4) is 0 Å². The number of rotatable bonds is 4. The minimum absolute atomic E-state index is 0.649. The minimum Gasteiger partial charge on any atom is -0.496 e. The Balaban J connectivity index is 3.17.